The van der Waals surface area contributed by atoms with E-state index < -0.39 is 18.0 Å². The zero-order valence-corrected chi connectivity index (χ0v) is 15.8. The summed E-state index contributed by atoms with van der Waals surface area (Å²) in [4.78, 5) is 23.8. The largest absolute Gasteiger partial charge is 0.481 e. The van der Waals surface area contributed by atoms with Gasteiger partial charge < -0.3 is 15.2 Å². The van der Waals surface area contributed by atoms with Gasteiger partial charge in [0.25, 0.3) is 0 Å². The number of ether oxygens (including phenoxy) is 1. The summed E-state index contributed by atoms with van der Waals surface area (Å²) >= 11 is 0. The van der Waals surface area contributed by atoms with E-state index in [1.165, 1.54) is 11.1 Å². The fourth-order valence-electron chi connectivity index (χ4n) is 4.66. The fourth-order valence-corrected chi connectivity index (χ4v) is 4.66. The average molecular weight is 379 g/mol. The minimum atomic E-state index is -0.842. The molecule has 0 saturated heterocycles. The number of nitrogens with one attached hydrogen (secondary N) is 1. The lowest BCUT2D eigenvalue weighted by molar-refractivity contribution is -0.143. The molecule has 4 rings (SSSR count). The number of rotatable bonds is 6. The Labute approximate surface area is 164 Å². The van der Waals surface area contributed by atoms with Gasteiger partial charge in [0, 0.05) is 12.5 Å². The van der Waals surface area contributed by atoms with Gasteiger partial charge >= 0.3 is 12.1 Å². The Morgan fingerprint density at radius 3 is 2.14 bits per heavy atom. The predicted molar refractivity (Wildman–Crippen MR) is 106 cm³/mol. The molecule has 0 aliphatic heterocycles. The summed E-state index contributed by atoms with van der Waals surface area (Å²) in [5.74, 6) is -1.23. The minimum Gasteiger partial charge on any atom is -0.481 e. The molecule has 0 radical (unpaired) electrons. The van der Waals surface area contributed by atoms with E-state index in [0.717, 1.165) is 36.8 Å². The highest BCUT2D eigenvalue weighted by atomic mass is 16.5. The van der Waals surface area contributed by atoms with Crippen LogP contribution in [0.3, 0.4) is 0 Å². The second kappa shape index (κ2) is 8.05. The monoisotopic (exact) mass is 379 g/mol. The van der Waals surface area contributed by atoms with Crippen LogP contribution in [0.1, 0.15) is 42.7 Å². The molecule has 0 spiro atoms. The van der Waals surface area contributed by atoms with Crippen LogP contribution in [0.4, 0.5) is 4.79 Å². The first kappa shape index (κ1) is 18.5. The van der Waals surface area contributed by atoms with Crippen LogP contribution >= 0.6 is 0 Å². The number of aliphatic carboxylic acids is 1. The first-order valence-corrected chi connectivity index (χ1v) is 9.97. The maximum atomic E-state index is 12.2. The van der Waals surface area contributed by atoms with Crippen LogP contribution in [-0.4, -0.2) is 30.3 Å². The van der Waals surface area contributed by atoms with Gasteiger partial charge in [0.2, 0.25) is 0 Å². The second-order valence-corrected chi connectivity index (χ2v) is 7.70. The number of hydrogen-bond acceptors (Lipinski definition) is 3. The first-order valence-electron chi connectivity index (χ1n) is 9.97. The van der Waals surface area contributed by atoms with Gasteiger partial charge in [-0.3, -0.25) is 4.79 Å². The van der Waals surface area contributed by atoms with Crippen molar-refractivity contribution in [3.05, 3.63) is 59.7 Å². The Kier molecular flexibility index (Phi) is 5.33. The number of carbonyl (C=O) groups is 2. The lowest BCUT2D eigenvalue weighted by Crippen LogP contribution is -2.37. The van der Waals surface area contributed by atoms with E-state index in [1.54, 1.807) is 0 Å². The Morgan fingerprint density at radius 1 is 1.00 bits per heavy atom. The van der Waals surface area contributed by atoms with E-state index in [9.17, 15) is 14.7 Å². The zero-order chi connectivity index (χ0) is 19.5. The molecule has 5 heteroatoms. The minimum absolute atomic E-state index is 0.00301. The lowest BCUT2D eigenvalue weighted by Gasteiger charge is -2.20. The van der Waals surface area contributed by atoms with Gasteiger partial charge in [-0.15, -0.1) is 0 Å². The van der Waals surface area contributed by atoms with Crippen molar-refractivity contribution < 1.29 is 19.4 Å². The van der Waals surface area contributed by atoms with Crippen molar-refractivity contribution >= 4 is 12.1 Å². The van der Waals surface area contributed by atoms with Crippen LogP contribution in [0.5, 0.6) is 0 Å². The summed E-state index contributed by atoms with van der Waals surface area (Å²) in [5, 5.41) is 12.1. The topological polar surface area (TPSA) is 75.6 Å². The van der Waals surface area contributed by atoms with Gasteiger partial charge in [-0.05, 0) is 41.0 Å². The third-order valence-electron chi connectivity index (χ3n) is 6.10. The van der Waals surface area contributed by atoms with Crippen molar-refractivity contribution in [3.63, 3.8) is 0 Å². The second-order valence-electron chi connectivity index (χ2n) is 7.70. The van der Waals surface area contributed by atoms with Gasteiger partial charge in [-0.2, -0.15) is 0 Å². The molecule has 2 aliphatic rings. The molecule has 0 heterocycles. The number of fused-ring (bicyclic) bond motifs is 3. The molecule has 1 unspecified atom stereocenters. The van der Waals surface area contributed by atoms with E-state index in [2.05, 4.69) is 29.6 Å². The summed E-state index contributed by atoms with van der Waals surface area (Å²) in [6.07, 6.45) is 3.43. The van der Waals surface area contributed by atoms with Gasteiger partial charge in [-0.25, -0.2) is 4.79 Å². The van der Waals surface area contributed by atoms with Crippen molar-refractivity contribution in [3.8, 4) is 11.1 Å². The molecular weight excluding hydrogens is 354 g/mol. The van der Waals surface area contributed by atoms with E-state index in [-0.39, 0.29) is 25.0 Å². The molecule has 2 aromatic rings. The summed E-state index contributed by atoms with van der Waals surface area (Å²) in [6.45, 7) is 0.359. The lowest BCUT2D eigenvalue weighted by atomic mass is 9.91. The molecule has 5 nitrogen and oxygen atoms in total. The maximum absolute atomic E-state index is 12.2. The van der Waals surface area contributed by atoms with Crippen molar-refractivity contribution in [1.29, 1.82) is 0 Å². The molecule has 1 saturated carbocycles. The number of carbonyl (C=O) groups excluding carboxylic acids is 1. The molecular formula is C23H25NO4. The quantitative estimate of drug-likeness (QED) is 0.779. The van der Waals surface area contributed by atoms with Crippen LogP contribution in [0, 0.1) is 11.8 Å². The third kappa shape index (κ3) is 3.61. The maximum Gasteiger partial charge on any atom is 0.407 e. The highest BCUT2D eigenvalue weighted by molar-refractivity contribution is 5.79. The predicted octanol–water partition coefficient (Wildman–Crippen LogP) is 4.42. The summed E-state index contributed by atoms with van der Waals surface area (Å²) < 4.78 is 5.49. The number of carboxylic acids is 1. The molecule has 146 valence electrons. The molecule has 1 amide bonds. The van der Waals surface area contributed by atoms with Crippen LogP contribution in [-0.2, 0) is 9.53 Å². The Hall–Kier alpha value is -2.82. The van der Waals surface area contributed by atoms with Crippen LogP contribution in [0.2, 0.25) is 0 Å². The highest BCUT2D eigenvalue weighted by Gasteiger charge is 2.32. The number of benzene rings is 2. The van der Waals surface area contributed by atoms with Crippen molar-refractivity contribution in [2.24, 2.45) is 11.8 Å². The zero-order valence-electron chi connectivity index (χ0n) is 15.8. The van der Waals surface area contributed by atoms with Crippen molar-refractivity contribution in [2.45, 2.75) is 31.6 Å². The molecule has 0 bridgehead atoms. The number of carboxylic acid groups (broad SMARTS) is 1. The summed E-state index contributed by atoms with van der Waals surface area (Å²) in [7, 11) is 0. The normalized spacial score (nSPS) is 17.0. The van der Waals surface area contributed by atoms with E-state index >= 15 is 0 Å². The van der Waals surface area contributed by atoms with Gasteiger partial charge in [0.1, 0.15) is 6.61 Å². The fraction of sp³-hybridized carbons (Fsp3) is 0.391. The molecule has 0 aromatic heterocycles. The molecule has 2 aromatic carbocycles. The Morgan fingerprint density at radius 2 is 1.57 bits per heavy atom. The number of hydrogen-bond donors (Lipinski definition) is 2. The van der Waals surface area contributed by atoms with Gasteiger partial charge in [0.05, 0.1) is 5.92 Å². The van der Waals surface area contributed by atoms with Crippen LogP contribution in [0.25, 0.3) is 11.1 Å². The molecule has 1 atom stereocenters. The average Bonchev–Trinajstić information content (AvgIpc) is 3.33. The molecule has 28 heavy (non-hydrogen) atoms. The van der Waals surface area contributed by atoms with Crippen molar-refractivity contribution in [1.82, 2.24) is 5.32 Å². The van der Waals surface area contributed by atoms with Crippen LogP contribution in [0.15, 0.2) is 48.5 Å². The third-order valence-corrected chi connectivity index (χ3v) is 6.10. The standard InChI is InChI=1S/C23H25NO4/c25-22(26)20(15-7-1-2-8-15)13-24-23(27)28-14-21-18-11-5-3-9-16(18)17-10-4-6-12-19(17)21/h3-6,9-12,15,20-21H,1-2,7-8,13-14H2,(H,24,27)(H,25,26). The Balaban J connectivity index is 1.38. The Bertz CT molecular complexity index is 827. The van der Waals surface area contributed by atoms with Crippen LogP contribution < -0.4 is 5.32 Å². The number of amides is 1. The number of alkyl carbamates (subject to hydrolysis) is 1. The van der Waals surface area contributed by atoms with Crippen molar-refractivity contribution in [2.75, 3.05) is 13.2 Å². The first-order chi connectivity index (χ1) is 13.6. The molecule has 2 N–H and O–H groups in total. The SMILES string of the molecule is O=C(NCC(C(=O)O)C1CCCC1)OCC1c2ccccc2-c2ccccc21. The van der Waals surface area contributed by atoms with E-state index in [0.29, 0.717) is 0 Å². The smallest absolute Gasteiger partial charge is 0.407 e. The van der Waals surface area contributed by atoms with Gasteiger partial charge in [0.15, 0.2) is 0 Å². The molecule has 1 fully saturated rings. The van der Waals surface area contributed by atoms with E-state index in [1.807, 2.05) is 24.3 Å². The van der Waals surface area contributed by atoms with E-state index in [4.69, 9.17) is 4.74 Å². The molecule has 2 aliphatic carbocycles. The van der Waals surface area contributed by atoms with Gasteiger partial charge in [-0.1, -0.05) is 61.4 Å². The highest BCUT2D eigenvalue weighted by Crippen LogP contribution is 2.44. The summed E-state index contributed by atoms with van der Waals surface area (Å²) in [5.41, 5.74) is 4.68. The summed E-state index contributed by atoms with van der Waals surface area (Å²) in [6, 6.07) is 16.3.